The molecule has 1 saturated heterocycles. The zero-order valence-electron chi connectivity index (χ0n) is 32.7. The molecule has 58 heavy (non-hydrogen) atoms. The number of aromatic nitrogens is 2. The lowest BCUT2D eigenvalue weighted by molar-refractivity contribution is -0.141. The highest BCUT2D eigenvalue weighted by Crippen LogP contribution is 2.46. The van der Waals surface area contributed by atoms with E-state index in [1.807, 2.05) is 66.7 Å². The Bertz CT molecular complexity index is 2390. The summed E-state index contributed by atoms with van der Waals surface area (Å²) in [6.45, 7) is 5.10. The number of fused-ring (bicyclic) bond motifs is 5. The second-order valence-corrected chi connectivity index (χ2v) is 18.6. The van der Waals surface area contributed by atoms with Crippen LogP contribution in [0.4, 0.5) is 4.79 Å². The second kappa shape index (κ2) is 15.3. The van der Waals surface area contributed by atoms with Crippen molar-refractivity contribution in [2.24, 2.45) is 5.92 Å². The minimum Gasteiger partial charge on any atom is -0.470 e. The number of carbonyl (C=O) groups is 4. The molecule has 16 heteroatoms. The first-order valence-corrected chi connectivity index (χ1v) is 21.5. The minimum atomic E-state index is -3.92. The van der Waals surface area contributed by atoms with Crippen molar-refractivity contribution in [3.63, 3.8) is 0 Å². The average molecular weight is 813 g/mol. The van der Waals surface area contributed by atoms with E-state index in [4.69, 9.17) is 23.9 Å². The van der Waals surface area contributed by atoms with E-state index in [0.29, 0.717) is 48.2 Å². The molecule has 0 bridgehead atoms. The fraction of sp³-hybridized carbons (Fsp3) is 0.476. The van der Waals surface area contributed by atoms with Gasteiger partial charge in [-0.2, -0.15) is 4.98 Å². The van der Waals surface area contributed by atoms with Gasteiger partial charge in [-0.25, -0.2) is 18.2 Å². The van der Waals surface area contributed by atoms with Crippen LogP contribution in [0.3, 0.4) is 0 Å². The third-order valence-corrected chi connectivity index (χ3v) is 12.9. The molecule has 2 aliphatic heterocycles. The van der Waals surface area contributed by atoms with Crippen molar-refractivity contribution in [2.45, 2.75) is 113 Å². The van der Waals surface area contributed by atoms with Crippen LogP contribution >= 0.6 is 0 Å². The zero-order chi connectivity index (χ0) is 40.8. The number of amides is 4. The smallest absolute Gasteiger partial charge is 0.408 e. The lowest BCUT2D eigenvalue weighted by Crippen LogP contribution is -2.58. The lowest BCUT2D eigenvalue weighted by Gasteiger charge is -2.30. The quantitative estimate of drug-likeness (QED) is 0.205. The molecule has 306 valence electrons. The first-order chi connectivity index (χ1) is 27.7. The molecule has 0 spiro atoms. The number of sulfonamides is 1. The third-order valence-electron chi connectivity index (χ3n) is 11.0. The van der Waals surface area contributed by atoms with Crippen LogP contribution in [0.15, 0.2) is 71.2 Å². The number of hydrogen-bond acceptors (Lipinski definition) is 11. The molecular formula is C42H48N6O9S. The van der Waals surface area contributed by atoms with Crippen LogP contribution in [0.5, 0.6) is 5.88 Å². The van der Waals surface area contributed by atoms with Gasteiger partial charge in [-0.05, 0) is 71.4 Å². The lowest BCUT2D eigenvalue weighted by atomic mass is 10.0. The van der Waals surface area contributed by atoms with E-state index in [2.05, 4.69) is 15.4 Å². The molecule has 8 rings (SSSR count). The molecular weight excluding hydrogens is 765 g/mol. The highest BCUT2D eigenvalue weighted by molar-refractivity contribution is 7.91. The summed E-state index contributed by atoms with van der Waals surface area (Å²) in [5, 5.41) is 5.76. The van der Waals surface area contributed by atoms with Gasteiger partial charge in [0.1, 0.15) is 40.4 Å². The number of hydrogen-bond donors (Lipinski definition) is 3. The summed E-state index contributed by atoms with van der Waals surface area (Å²) in [6, 6.07) is 14.6. The van der Waals surface area contributed by atoms with Gasteiger partial charge in [-0.15, -0.1) is 0 Å². The fourth-order valence-electron chi connectivity index (χ4n) is 7.82. The standard InChI is InChI=1S/C42H48N6O9S/c1-41(2,3)57-40(52)43-30-18-11-6-4-5-10-16-26-23-42(26,39(51)47-58(53,54)28-20-21-28)46-36(49)31-22-27(24-48(31)38(30)50)55-37-34-33(29-17-12-13-19-32(29)56-34)44-35(45-37)25-14-8-7-9-15-25/h7-10,12-17,19,26-28,30-31H,4-6,11,18,20-24H2,1-3H3,(H,43,52)(H,46,49)(H,47,51)/b16-10-/t26-,27+,30-,31-,42+/m0/s1. The van der Waals surface area contributed by atoms with Gasteiger partial charge in [-0.3, -0.25) is 19.1 Å². The van der Waals surface area contributed by atoms with Crippen LogP contribution in [-0.2, 0) is 29.1 Å². The average Bonchev–Trinajstić information content (AvgIpc) is 4.08. The maximum Gasteiger partial charge on any atom is 0.408 e. The first kappa shape index (κ1) is 39.3. The summed E-state index contributed by atoms with van der Waals surface area (Å²) in [5.74, 6) is -1.91. The van der Waals surface area contributed by atoms with Gasteiger partial charge in [0.2, 0.25) is 27.4 Å². The van der Waals surface area contributed by atoms with E-state index in [1.54, 1.807) is 20.8 Å². The predicted molar refractivity (Wildman–Crippen MR) is 214 cm³/mol. The molecule has 5 atom stereocenters. The largest absolute Gasteiger partial charge is 0.470 e. The molecule has 4 aliphatic rings. The van der Waals surface area contributed by atoms with Gasteiger partial charge >= 0.3 is 6.09 Å². The number of allylic oxidation sites excluding steroid dienone is 1. The van der Waals surface area contributed by atoms with Gasteiger partial charge < -0.3 is 29.4 Å². The molecule has 15 nitrogen and oxygen atoms in total. The van der Waals surface area contributed by atoms with Crippen molar-refractivity contribution in [1.29, 1.82) is 0 Å². The van der Waals surface area contributed by atoms with Crippen LogP contribution in [0, 0.1) is 5.92 Å². The molecule has 2 aromatic heterocycles. The van der Waals surface area contributed by atoms with Crippen LogP contribution in [-0.4, -0.2) is 88.2 Å². The van der Waals surface area contributed by atoms with Crippen molar-refractivity contribution < 1.29 is 41.5 Å². The number of furan rings is 1. The van der Waals surface area contributed by atoms with Crippen LogP contribution in [0.2, 0.25) is 0 Å². The molecule has 0 radical (unpaired) electrons. The summed E-state index contributed by atoms with van der Waals surface area (Å²) in [6.07, 6.45) is 6.44. The third kappa shape index (κ3) is 8.24. The maximum atomic E-state index is 14.7. The number of nitrogens with one attached hydrogen (secondary N) is 3. The van der Waals surface area contributed by atoms with Crippen molar-refractivity contribution in [1.82, 2.24) is 30.2 Å². The second-order valence-electron chi connectivity index (χ2n) is 16.7. The Labute approximate surface area is 336 Å². The Morgan fingerprint density at radius 1 is 0.983 bits per heavy atom. The van der Waals surface area contributed by atoms with E-state index in [0.717, 1.165) is 23.8 Å². The topological polar surface area (TPSA) is 199 Å². The number of ether oxygens (including phenoxy) is 2. The summed E-state index contributed by atoms with van der Waals surface area (Å²) < 4.78 is 46.4. The summed E-state index contributed by atoms with van der Waals surface area (Å²) in [7, 11) is -3.92. The van der Waals surface area contributed by atoms with Gasteiger partial charge in [0.15, 0.2) is 5.82 Å². The van der Waals surface area contributed by atoms with E-state index in [1.165, 1.54) is 4.90 Å². The van der Waals surface area contributed by atoms with E-state index in [-0.39, 0.29) is 31.7 Å². The fourth-order valence-corrected chi connectivity index (χ4v) is 9.18. The molecule has 4 aromatic rings. The normalized spacial score (nSPS) is 26.1. The summed E-state index contributed by atoms with van der Waals surface area (Å²) in [5.41, 5.74) is -0.212. The molecule has 4 amide bonds. The highest BCUT2D eigenvalue weighted by atomic mass is 32.2. The Morgan fingerprint density at radius 2 is 1.74 bits per heavy atom. The predicted octanol–water partition coefficient (Wildman–Crippen LogP) is 5.29. The van der Waals surface area contributed by atoms with Crippen molar-refractivity contribution in [3.05, 3.63) is 66.7 Å². The van der Waals surface area contributed by atoms with Gasteiger partial charge in [-0.1, -0.05) is 67.5 Å². The van der Waals surface area contributed by atoms with Crippen LogP contribution in [0.1, 0.15) is 78.6 Å². The number of para-hydroxylation sites is 1. The Kier molecular flexibility index (Phi) is 10.4. The molecule has 3 fully saturated rings. The molecule has 2 saturated carbocycles. The SMILES string of the molecule is CC(C)(C)OC(=O)N[C@H]1CCCCC/C=C\[C@H]2C[C@@]2(C(=O)NS(=O)(=O)C2CC2)NC(=O)[C@@H]2C[C@@H](Oc3nc(-c4ccccc4)nc4c3oc3ccccc34)CN2C1=O. The first-order valence-electron chi connectivity index (χ1n) is 20.0. The van der Waals surface area contributed by atoms with Crippen molar-refractivity contribution in [2.75, 3.05) is 6.54 Å². The Morgan fingerprint density at radius 3 is 2.50 bits per heavy atom. The number of rotatable bonds is 7. The summed E-state index contributed by atoms with van der Waals surface area (Å²) in [4.78, 5) is 67.1. The van der Waals surface area contributed by atoms with Crippen molar-refractivity contribution in [3.8, 4) is 17.3 Å². The zero-order valence-corrected chi connectivity index (χ0v) is 33.5. The number of nitrogens with zero attached hydrogens (tertiary/aromatic N) is 3. The molecule has 0 unspecified atom stereocenters. The molecule has 2 aromatic carbocycles. The Balaban J connectivity index is 1.14. The molecule has 3 N–H and O–H groups in total. The van der Waals surface area contributed by atoms with Gasteiger partial charge in [0.05, 0.1) is 11.8 Å². The molecule has 4 heterocycles. The van der Waals surface area contributed by atoms with E-state index >= 15 is 0 Å². The highest BCUT2D eigenvalue weighted by Gasteiger charge is 2.62. The Hall–Kier alpha value is -5.51. The van der Waals surface area contributed by atoms with E-state index in [9.17, 15) is 27.6 Å². The molecule has 2 aliphatic carbocycles. The number of benzene rings is 2. The van der Waals surface area contributed by atoms with E-state index < -0.39 is 74.3 Å². The van der Waals surface area contributed by atoms with Crippen LogP contribution in [0.25, 0.3) is 33.5 Å². The summed E-state index contributed by atoms with van der Waals surface area (Å²) >= 11 is 0. The number of carbonyl (C=O) groups excluding carboxylic acids is 4. The minimum absolute atomic E-state index is 0.0122. The number of alkyl carbamates (subject to hydrolysis) is 1. The monoisotopic (exact) mass is 812 g/mol. The maximum absolute atomic E-state index is 14.7. The van der Waals surface area contributed by atoms with Crippen LogP contribution < -0.4 is 20.1 Å². The van der Waals surface area contributed by atoms with Gasteiger partial charge in [0.25, 0.3) is 11.8 Å². The van der Waals surface area contributed by atoms with Gasteiger partial charge in [0, 0.05) is 23.3 Å². The van der Waals surface area contributed by atoms with Crippen molar-refractivity contribution >= 4 is 55.9 Å².